The quantitative estimate of drug-likeness (QED) is 0.305. The van der Waals surface area contributed by atoms with E-state index in [2.05, 4.69) is 50.5 Å². The highest BCUT2D eigenvalue weighted by Gasteiger charge is 2.13. The summed E-state index contributed by atoms with van der Waals surface area (Å²) in [6.45, 7) is 2.48. The molecule has 0 bridgehead atoms. The van der Waals surface area contributed by atoms with E-state index in [1.54, 1.807) is 31.4 Å². The number of hydrogen-bond donors (Lipinski definition) is 1. The van der Waals surface area contributed by atoms with Gasteiger partial charge in [-0.05, 0) is 94.6 Å². The Kier molecular flexibility index (Phi) is 7.71. The molecule has 7 heteroatoms. The van der Waals surface area contributed by atoms with Crippen molar-refractivity contribution in [1.82, 2.24) is 0 Å². The smallest absolute Gasteiger partial charge is 0.266 e. The molecule has 2 aromatic rings. The molecule has 0 unspecified atom stereocenters. The number of carbonyl (C=O) groups is 1. The molecule has 2 rings (SSSR count). The number of nitriles is 1. The van der Waals surface area contributed by atoms with Crippen LogP contribution in [0.3, 0.4) is 0 Å². The summed E-state index contributed by atoms with van der Waals surface area (Å²) in [5.74, 6) is 0.875. The fourth-order valence-corrected chi connectivity index (χ4v) is 4.32. The molecule has 0 heterocycles. The number of methoxy groups -OCH3 is 1. The van der Waals surface area contributed by atoms with Gasteiger partial charge in [-0.1, -0.05) is 0 Å². The predicted octanol–water partition coefficient (Wildman–Crippen LogP) is 4.85. The van der Waals surface area contributed by atoms with Gasteiger partial charge in [-0.25, -0.2) is 0 Å². The van der Waals surface area contributed by atoms with E-state index in [-0.39, 0.29) is 5.57 Å². The highest BCUT2D eigenvalue weighted by molar-refractivity contribution is 14.1. The summed E-state index contributed by atoms with van der Waals surface area (Å²) >= 11 is 4.35. The topological polar surface area (TPSA) is 71.3 Å². The summed E-state index contributed by atoms with van der Waals surface area (Å²) in [5.41, 5.74) is 1.26. The van der Waals surface area contributed by atoms with Crippen molar-refractivity contribution >= 4 is 62.9 Å². The first-order valence-corrected chi connectivity index (χ1v) is 9.83. The molecular formula is C19H16I2N2O3. The van der Waals surface area contributed by atoms with E-state index >= 15 is 0 Å². The lowest BCUT2D eigenvalue weighted by Crippen LogP contribution is -2.13. The summed E-state index contributed by atoms with van der Waals surface area (Å²) in [6, 6.07) is 12.8. The maximum atomic E-state index is 12.5. The van der Waals surface area contributed by atoms with Gasteiger partial charge < -0.3 is 14.8 Å². The molecule has 0 fully saturated rings. The van der Waals surface area contributed by atoms with Crippen molar-refractivity contribution in [3.63, 3.8) is 0 Å². The van der Waals surface area contributed by atoms with Gasteiger partial charge >= 0.3 is 0 Å². The van der Waals surface area contributed by atoms with Gasteiger partial charge in [0.1, 0.15) is 23.1 Å². The van der Waals surface area contributed by atoms with Crippen LogP contribution in [0.2, 0.25) is 0 Å². The third-order valence-corrected chi connectivity index (χ3v) is 4.75. The van der Waals surface area contributed by atoms with Crippen molar-refractivity contribution in [2.75, 3.05) is 19.0 Å². The van der Waals surface area contributed by atoms with Crippen LogP contribution in [0.4, 0.5) is 5.69 Å². The normalized spacial score (nSPS) is 10.8. The Balaban J connectivity index is 2.26. The Morgan fingerprint density at radius 2 is 1.96 bits per heavy atom. The molecule has 0 saturated heterocycles. The summed E-state index contributed by atoms with van der Waals surface area (Å²) in [6.07, 6.45) is 1.53. The van der Waals surface area contributed by atoms with Gasteiger partial charge in [-0.3, -0.25) is 4.79 Å². The number of hydrogen-bond acceptors (Lipinski definition) is 4. The van der Waals surface area contributed by atoms with Gasteiger partial charge in [0.25, 0.3) is 5.91 Å². The van der Waals surface area contributed by atoms with Crippen LogP contribution in [-0.4, -0.2) is 19.6 Å². The summed E-state index contributed by atoms with van der Waals surface area (Å²) in [5, 5.41) is 12.1. The molecule has 0 aliphatic carbocycles. The molecule has 26 heavy (non-hydrogen) atoms. The predicted molar refractivity (Wildman–Crippen MR) is 118 cm³/mol. The van der Waals surface area contributed by atoms with Gasteiger partial charge in [0.05, 0.1) is 17.3 Å². The van der Waals surface area contributed by atoms with E-state index in [0.717, 1.165) is 12.9 Å². The van der Waals surface area contributed by atoms with Crippen molar-refractivity contribution in [2.45, 2.75) is 6.92 Å². The highest BCUT2D eigenvalue weighted by Crippen LogP contribution is 2.30. The molecule has 0 aliphatic rings. The van der Waals surface area contributed by atoms with Gasteiger partial charge in [0.15, 0.2) is 0 Å². The van der Waals surface area contributed by atoms with Crippen LogP contribution in [0.5, 0.6) is 11.5 Å². The van der Waals surface area contributed by atoms with E-state index in [0.29, 0.717) is 23.6 Å². The second kappa shape index (κ2) is 9.78. The van der Waals surface area contributed by atoms with Crippen LogP contribution in [0.15, 0.2) is 42.0 Å². The van der Waals surface area contributed by atoms with Gasteiger partial charge in [0, 0.05) is 14.8 Å². The third-order valence-electron chi connectivity index (χ3n) is 3.33. The number of halogens is 2. The zero-order valence-corrected chi connectivity index (χ0v) is 18.5. The maximum absolute atomic E-state index is 12.5. The fourth-order valence-electron chi connectivity index (χ4n) is 2.21. The van der Waals surface area contributed by atoms with Crippen LogP contribution in [0, 0.1) is 18.5 Å². The summed E-state index contributed by atoms with van der Waals surface area (Å²) < 4.78 is 12.7. The van der Waals surface area contributed by atoms with E-state index in [4.69, 9.17) is 9.47 Å². The second-order valence-electron chi connectivity index (χ2n) is 5.09. The Bertz CT molecular complexity index is 872. The number of nitrogens with one attached hydrogen (secondary N) is 1. The third kappa shape index (κ3) is 5.35. The number of ether oxygens (including phenoxy) is 2. The lowest BCUT2D eigenvalue weighted by atomic mass is 10.1. The van der Waals surface area contributed by atoms with Crippen LogP contribution in [0.1, 0.15) is 12.5 Å². The molecule has 0 aliphatic heterocycles. The van der Waals surface area contributed by atoms with Crippen molar-refractivity contribution in [1.29, 1.82) is 5.26 Å². The van der Waals surface area contributed by atoms with Crippen molar-refractivity contribution in [3.05, 3.63) is 54.7 Å². The maximum Gasteiger partial charge on any atom is 0.266 e. The van der Waals surface area contributed by atoms with Gasteiger partial charge in [-0.2, -0.15) is 5.26 Å². The van der Waals surface area contributed by atoms with Crippen LogP contribution < -0.4 is 14.8 Å². The molecule has 1 N–H and O–H groups in total. The molecule has 5 nitrogen and oxygen atoms in total. The SMILES string of the molecule is CCOc1ccc(NC(=O)/C(C#N)=C/c2cc(I)cc(I)c2OC)cc1. The first kappa shape index (κ1) is 20.5. The molecule has 0 radical (unpaired) electrons. The van der Waals surface area contributed by atoms with Crippen LogP contribution in [-0.2, 0) is 4.79 Å². The van der Waals surface area contributed by atoms with E-state index in [1.807, 2.05) is 25.1 Å². The fraction of sp³-hybridized carbons (Fsp3) is 0.158. The van der Waals surface area contributed by atoms with Crippen LogP contribution in [0.25, 0.3) is 6.08 Å². The lowest BCUT2D eigenvalue weighted by molar-refractivity contribution is -0.112. The van der Waals surface area contributed by atoms with Gasteiger partial charge in [-0.15, -0.1) is 0 Å². The largest absolute Gasteiger partial charge is 0.495 e. The van der Waals surface area contributed by atoms with E-state index in [1.165, 1.54) is 6.08 Å². The molecule has 0 saturated carbocycles. The molecular weight excluding hydrogens is 558 g/mol. The van der Waals surface area contributed by atoms with E-state index in [9.17, 15) is 10.1 Å². The monoisotopic (exact) mass is 574 g/mol. The minimum atomic E-state index is -0.479. The molecule has 1 amide bonds. The zero-order valence-electron chi connectivity index (χ0n) is 14.2. The number of benzene rings is 2. The summed E-state index contributed by atoms with van der Waals surface area (Å²) in [4.78, 5) is 12.5. The number of carbonyl (C=O) groups excluding carboxylic acids is 1. The van der Waals surface area contributed by atoms with Crippen LogP contribution >= 0.6 is 45.2 Å². The van der Waals surface area contributed by atoms with Crippen molar-refractivity contribution in [2.24, 2.45) is 0 Å². The Labute approximate surface area is 179 Å². The Morgan fingerprint density at radius 3 is 2.54 bits per heavy atom. The first-order chi connectivity index (χ1) is 12.5. The molecule has 0 atom stereocenters. The number of anilines is 1. The zero-order chi connectivity index (χ0) is 19.1. The van der Waals surface area contributed by atoms with Gasteiger partial charge in [0.2, 0.25) is 0 Å². The van der Waals surface area contributed by atoms with Crippen molar-refractivity contribution < 1.29 is 14.3 Å². The average Bonchev–Trinajstić information content (AvgIpc) is 2.61. The molecule has 0 spiro atoms. The number of nitrogens with zero attached hydrogens (tertiary/aromatic N) is 1. The van der Waals surface area contributed by atoms with Crippen molar-refractivity contribution in [3.8, 4) is 17.6 Å². The minimum absolute atomic E-state index is 0.00464. The second-order valence-corrected chi connectivity index (χ2v) is 7.50. The summed E-state index contributed by atoms with van der Waals surface area (Å²) in [7, 11) is 1.56. The molecule has 0 aromatic heterocycles. The average molecular weight is 574 g/mol. The lowest BCUT2D eigenvalue weighted by Gasteiger charge is -2.10. The number of amides is 1. The van der Waals surface area contributed by atoms with E-state index < -0.39 is 5.91 Å². The standard InChI is InChI=1S/C19H16I2N2O3/c1-3-26-16-6-4-15(5-7-16)23-19(24)13(11-22)8-12-9-14(20)10-17(21)18(12)25-2/h4-10H,3H2,1-2H3,(H,23,24)/b13-8+. The molecule has 134 valence electrons. The minimum Gasteiger partial charge on any atom is -0.495 e. The Morgan fingerprint density at radius 1 is 1.27 bits per heavy atom. The molecule has 2 aromatic carbocycles. The Hall–Kier alpha value is -1.80. The number of rotatable bonds is 6. The highest BCUT2D eigenvalue weighted by atomic mass is 127. The first-order valence-electron chi connectivity index (χ1n) is 7.67.